The predicted octanol–water partition coefficient (Wildman–Crippen LogP) is 2.64. The van der Waals surface area contributed by atoms with E-state index in [1.54, 1.807) is 0 Å². The summed E-state index contributed by atoms with van der Waals surface area (Å²) in [6.07, 6.45) is 0.944. The zero-order chi connectivity index (χ0) is 18.6. The maximum Gasteiger partial charge on any atom is 0.433 e. The van der Waals surface area contributed by atoms with E-state index < -0.39 is 21.7 Å². The molecule has 3 fully saturated rings. The lowest BCUT2D eigenvalue weighted by Crippen LogP contribution is -2.51. The third-order valence-corrected chi connectivity index (χ3v) is 8.23. The molecule has 26 heavy (non-hydrogen) atoms. The Labute approximate surface area is 150 Å². The molecule has 4 rings (SSSR count). The maximum absolute atomic E-state index is 12.8. The summed E-state index contributed by atoms with van der Waals surface area (Å²) in [5.74, 6) is 0.663. The molecule has 0 bridgehead atoms. The highest BCUT2D eigenvalue weighted by Gasteiger charge is 2.53. The van der Waals surface area contributed by atoms with Crippen molar-refractivity contribution in [3.8, 4) is 0 Å². The Kier molecular flexibility index (Phi) is 4.30. The molecule has 1 aromatic heterocycles. The zero-order valence-corrected chi connectivity index (χ0v) is 15.2. The number of rotatable bonds is 2. The molecule has 3 heterocycles. The quantitative estimate of drug-likeness (QED) is 0.778. The van der Waals surface area contributed by atoms with E-state index in [1.807, 2.05) is 0 Å². The van der Waals surface area contributed by atoms with E-state index >= 15 is 0 Å². The highest BCUT2D eigenvalue weighted by atomic mass is 32.2. The van der Waals surface area contributed by atoms with Crippen LogP contribution in [0.5, 0.6) is 0 Å². The first kappa shape index (κ1) is 18.2. The van der Waals surface area contributed by atoms with Gasteiger partial charge in [-0.2, -0.15) is 13.2 Å². The van der Waals surface area contributed by atoms with E-state index in [0.29, 0.717) is 23.2 Å². The number of hydrogen-bond donors (Lipinski definition) is 0. The Morgan fingerprint density at radius 2 is 1.81 bits per heavy atom. The van der Waals surface area contributed by atoms with Gasteiger partial charge in [0, 0.05) is 29.6 Å². The minimum atomic E-state index is -4.44. The predicted molar refractivity (Wildman–Crippen MR) is 89.3 cm³/mol. The van der Waals surface area contributed by atoms with Crippen LogP contribution in [0.1, 0.15) is 49.4 Å². The number of sulfone groups is 1. The molecule has 1 saturated carbocycles. The molecule has 1 aliphatic carbocycles. The third kappa shape index (κ3) is 3.47. The molecule has 1 aromatic rings. The van der Waals surface area contributed by atoms with Gasteiger partial charge in [-0.25, -0.2) is 18.4 Å². The lowest BCUT2D eigenvalue weighted by atomic mass is 9.83. The van der Waals surface area contributed by atoms with Gasteiger partial charge in [0.2, 0.25) is 0 Å². The number of likely N-dealkylation sites (tertiary alicyclic amines) is 1. The summed E-state index contributed by atoms with van der Waals surface area (Å²) in [6.45, 7) is 1.77. The van der Waals surface area contributed by atoms with Crippen LogP contribution in [0.15, 0.2) is 12.4 Å². The molecule has 0 amide bonds. The standard InChI is InChI=1S/C17H22F3N3O2S/c18-17(19,20)15-7-14(21-11-22-15)12-1-3-13(4-2-12)23-6-5-16(8-23)9-26(24,25)10-16/h7,11-13H,1-6,8-10H2. The zero-order valence-electron chi connectivity index (χ0n) is 14.4. The largest absolute Gasteiger partial charge is 0.433 e. The molecule has 1 spiro atoms. The van der Waals surface area contributed by atoms with E-state index in [9.17, 15) is 21.6 Å². The van der Waals surface area contributed by atoms with Crippen LogP contribution in [-0.4, -0.2) is 53.9 Å². The minimum Gasteiger partial charge on any atom is -0.300 e. The first-order valence-electron chi connectivity index (χ1n) is 9.00. The Balaban J connectivity index is 1.35. The molecule has 0 N–H and O–H groups in total. The Bertz CT molecular complexity index is 777. The summed E-state index contributed by atoms with van der Waals surface area (Å²) in [4.78, 5) is 9.80. The van der Waals surface area contributed by atoms with Crippen molar-refractivity contribution in [2.24, 2.45) is 5.41 Å². The van der Waals surface area contributed by atoms with Gasteiger partial charge in [0.25, 0.3) is 0 Å². The van der Waals surface area contributed by atoms with E-state index in [1.165, 1.54) is 0 Å². The fraction of sp³-hybridized carbons (Fsp3) is 0.765. The number of aromatic nitrogens is 2. The van der Waals surface area contributed by atoms with Gasteiger partial charge in [0.05, 0.1) is 11.5 Å². The number of alkyl halides is 3. The fourth-order valence-electron chi connectivity index (χ4n) is 4.90. The molecule has 5 nitrogen and oxygen atoms in total. The van der Waals surface area contributed by atoms with Crippen LogP contribution in [0.4, 0.5) is 13.2 Å². The van der Waals surface area contributed by atoms with E-state index in [-0.39, 0.29) is 11.3 Å². The number of halogens is 3. The summed E-state index contributed by atoms with van der Waals surface area (Å²) in [6, 6.07) is 1.48. The highest BCUT2D eigenvalue weighted by Crippen LogP contribution is 2.44. The van der Waals surface area contributed by atoms with Gasteiger partial charge in [-0.15, -0.1) is 0 Å². The Hall–Kier alpha value is -1.22. The van der Waals surface area contributed by atoms with Crippen molar-refractivity contribution in [2.75, 3.05) is 24.6 Å². The second kappa shape index (κ2) is 6.15. The van der Waals surface area contributed by atoms with E-state index in [4.69, 9.17) is 0 Å². The smallest absolute Gasteiger partial charge is 0.300 e. The van der Waals surface area contributed by atoms with Crippen LogP contribution in [0.3, 0.4) is 0 Å². The number of hydrogen-bond acceptors (Lipinski definition) is 5. The van der Waals surface area contributed by atoms with Crippen LogP contribution < -0.4 is 0 Å². The summed E-state index contributed by atoms with van der Waals surface area (Å²) in [5.41, 5.74) is -0.435. The summed E-state index contributed by atoms with van der Waals surface area (Å²) < 4.78 is 61.5. The summed E-state index contributed by atoms with van der Waals surface area (Å²) >= 11 is 0. The molecule has 2 aliphatic heterocycles. The molecule has 9 heteroatoms. The van der Waals surface area contributed by atoms with Crippen molar-refractivity contribution in [3.05, 3.63) is 23.8 Å². The Morgan fingerprint density at radius 3 is 2.42 bits per heavy atom. The monoisotopic (exact) mass is 389 g/mol. The second-order valence-electron chi connectivity index (χ2n) is 8.08. The van der Waals surface area contributed by atoms with Crippen molar-refractivity contribution in [1.82, 2.24) is 14.9 Å². The normalized spacial score (nSPS) is 31.0. The van der Waals surface area contributed by atoms with Crippen LogP contribution in [0, 0.1) is 5.41 Å². The van der Waals surface area contributed by atoms with E-state index in [2.05, 4.69) is 14.9 Å². The lowest BCUT2D eigenvalue weighted by Gasteiger charge is -2.40. The highest BCUT2D eigenvalue weighted by molar-refractivity contribution is 7.92. The topological polar surface area (TPSA) is 63.2 Å². The summed E-state index contributed by atoms with van der Waals surface area (Å²) in [7, 11) is -2.82. The molecular weight excluding hydrogens is 367 g/mol. The SMILES string of the molecule is O=S1(=O)CC2(CCN(C3CCC(c4cc(C(F)(F)F)ncn4)CC3)C2)C1. The van der Waals surface area contributed by atoms with Crippen molar-refractivity contribution >= 4 is 9.84 Å². The molecule has 2 saturated heterocycles. The van der Waals surface area contributed by atoms with Crippen molar-refractivity contribution < 1.29 is 21.6 Å². The van der Waals surface area contributed by atoms with Crippen LogP contribution in [-0.2, 0) is 16.0 Å². The first-order chi connectivity index (χ1) is 12.2. The Morgan fingerprint density at radius 1 is 1.12 bits per heavy atom. The molecule has 0 atom stereocenters. The van der Waals surface area contributed by atoms with Crippen LogP contribution >= 0.6 is 0 Å². The third-order valence-electron chi connectivity index (χ3n) is 6.13. The molecule has 0 aromatic carbocycles. The van der Waals surface area contributed by atoms with Crippen molar-refractivity contribution in [3.63, 3.8) is 0 Å². The molecular formula is C17H22F3N3O2S. The average Bonchev–Trinajstić information content (AvgIpc) is 2.98. The van der Waals surface area contributed by atoms with E-state index in [0.717, 1.165) is 57.6 Å². The van der Waals surface area contributed by atoms with Gasteiger partial charge >= 0.3 is 6.18 Å². The molecule has 3 aliphatic rings. The van der Waals surface area contributed by atoms with Gasteiger partial charge in [0.1, 0.15) is 12.0 Å². The van der Waals surface area contributed by atoms with Gasteiger partial charge in [0.15, 0.2) is 9.84 Å². The van der Waals surface area contributed by atoms with Crippen LogP contribution in [0.25, 0.3) is 0 Å². The summed E-state index contributed by atoms with van der Waals surface area (Å²) in [5, 5.41) is 0. The van der Waals surface area contributed by atoms with Gasteiger partial charge in [-0.05, 0) is 44.7 Å². The van der Waals surface area contributed by atoms with Crippen LogP contribution in [0.2, 0.25) is 0 Å². The number of nitrogens with zero attached hydrogens (tertiary/aromatic N) is 3. The van der Waals surface area contributed by atoms with Crippen molar-refractivity contribution in [2.45, 2.75) is 50.2 Å². The minimum absolute atomic E-state index is 0.0378. The molecule has 0 radical (unpaired) electrons. The van der Waals surface area contributed by atoms with Gasteiger partial charge in [-0.3, -0.25) is 4.90 Å². The van der Waals surface area contributed by atoms with Gasteiger partial charge < -0.3 is 0 Å². The lowest BCUT2D eigenvalue weighted by molar-refractivity contribution is -0.141. The van der Waals surface area contributed by atoms with Crippen molar-refractivity contribution in [1.29, 1.82) is 0 Å². The maximum atomic E-state index is 12.8. The first-order valence-corrected chi connectivity index (χ1v) is 10.8. The molecule has 144 valence electrons. The molecule has 0 unspecified atom stereocenters. The average molecular weight is 389 g/mol. The second-order valence-corrected chi connectivity index (χ2v) is 10.1. The fourth-order valence-corrected chi connectivity index (χ4v) is 7.15. The van der Waals surface area contributed by atoms with Gasteiger partial charge in [-0.1, -0.05) is 0 Å².